The van der Waals surface area contributed by atoms with Crippen LogP contribution in [0.3, 0.4) is 0 Å². The first-order valence-electron chi connectivity index (χ1n) is 7.84. The summed E-state index contributed by atoms with van der Waals surface area (Å²) >= 11 is 0. The Bertz CT molecular complexity index is 1030. The smallest absolute Gasteiger partial charge is 0.405 e. The summed E-state index contributed by atoms with van der Waals surface area (Å²) in [6.45, 7) is 5.29. The first-order chi connectivity index (χ1) is 11.8. The second-order valence-corrected chi connectivity index (χ2v) is 6.19. The molecule has 1 unspecified atom stereocenters. The molecule has 0 aliphatic carbocycles. The third-order valence-corrected chi connectivity index (χ3v) is 4.17. The average Bonchev–Trinajstić information content (AvgIpc) is 2.96. The van der Waals surface area contributed by atoms with Gasteiger partial charge in [0.1, 0.15) is 11.3 Å². The lowest BCUT2D eigenvalue weighted by Gasteiger charge is -2.16. The predicted molar refractivity (Wildman–Crippen MR) is 93.7 cm³/mol. The van der Waals surface area contributed by atoms with Gasteiger partial charge in [0, 0.05) is 24.4 Å². The van der Waals surface area contributed by atoms with E-state index < -0.39 is 12.1 Å². The third kappa shape index (κ3) is 3.00. The van der Waals surface area contributed by atoms with Gasteiger partial charge in [0.15, 0.2) is 5.43 Å². The highest BCUT2D eigenvalue weighted by molar-refractivity contribution is 5.84. The molecule has 130 valence electrons. The number of fused-ring (bicyclic) bond motifs is 1. The summed E-state index contributed by atoms with van der Waals surface area (Å²) < 4.78 is 7.70. The molecule has 3 rings (SSSR count). The van der Waals surface area contributed by atoms with E-state index in [1.807, 2.05) is 13.0 Å². The quantitative estimate of drug-likeness (QED) is 0.763. The third-order valence-electron chi connectivity index (χ3n) is 4.17. The summed E-state index contributed by atoms with van der Waals surface area (Å²) in [5.74, 6) is 0.443. The number of carboxylic acid groups (broad SMARTS) is 1. The summed E-state index contributed by atoms with van der Waals surface area (Å²) in [6, 6.07) is 3.07. The van der Waals surface area contributed by atoms with Crippen LogP contribution in [-0.2, 0) is 7.05 Å². The fourth-order valence-electron chi connectivity index (χ4n) is 2.97. The molecule has 2 heterocycles. The summed E-state index contributed by atoms with van der Waals surface area (Å²) in [5.41, 5.74) is 2.94. The zero-order chi connectivity index (χ0) is 18.3. The monoisotopic (exact) mass is 341 g/mol. The minimum atomic E-state index is -1.14. The Kier molecular flexibility index (Phi) is 4.08. The van der Waals surface area contributed by atoms with Crippen molar-refractivity contribution in [3.05, 3.63) is 51.4 Å². The summed E-state index contributed by atoms with van der Waals surface area (Å²) in [5, 5.41) is 16.0. The maximum absolute atomic E-state index is 12.9. The molecule has 0 saturated carbocycles. The van der Waals surface area contributed by atoms with Crippen molar-refractivity contribution in [3.8, 4) is 11.3 Å². The zero-order valence-corrected chi connectivity index (χ0v) is 14.5. The van der Waals surface area contributed by atoms with E-state index in [0.29, 0.717) is 33.4 Å². The van der Waals surface area contributed by atoms with Crippen LogP contribution in [0.15, 0.2) is 33.7 Å². The molecule has 0 fully saturated rings. The van der Waals surface area contributed by atoms with Crippen LogP contribution in [0, 0.1) is 13.8 Å². The van der Waals surface area contributed by atoms with Crippen LogP contribution in [0.4, 0.5) is 4.79 Å². The molecule has 0 bridgehead atoms. The lowest BCUT2D eigenvalue weighted by atomic mass is 9.99. The van der Waals surface area contributed by atoms with E-state index >= 15 is 0 Å². The van der Waals surface area contributed by atoms with Gasteiger partial charge in [-0.05, 0) is 32.4 Å². The second-order valence-electron chi connectivity index (χ2n) is 6.19. The van der Waals surface area contributed by atoms with E-state index in [1.54, 1.807) is 44.0 Å². The second kappa shape index (κ2) is 6.08. The van der Waals surface area contributed by atoms with Crippen LogP contribution in [0.2, 0.25) is 0 Å². The molecule has 1 atom stereocenters. The molecule has 7 heteroatoms. The Morgan fingerprint density at radius 3 is 2.68 bits per heavy atom. The Hall–Kier alpha value is -3.09. The van der Waals surface area contributed by atoms with Crippen molar-refractivity contribution in [2.24, 2.45) is 7.05 Å². The summed E-state index contributed by atoms with van der Waals surface area (Å²) in [6.07, 6.45) is 2.26. The molecule has 2 N–H and O–H groups in total. The van der Waals surface area contributed by atoms with Crippen molar-refractivity contribution < 1.29 is 14.3 Å². The number of nitrogens with zero attached hydrogens (tertiary/aromatic N) is 2. The van der Waals surface area contributed by atoms with Crippen LogP contribution in [0.25, 0.3) is 22.3 Å². The van der Waals surface area contributed by atoms with Crippen LogP contribution in [-0.4, -0.2) is 21.0 Å². The van der Waals surface area contributed by atoms with Gasteiger partial charge < -0.3 is 14.8 Å². The van der Waals surface area contributed by atoms with Crippen molar-refractivity contribution in [2.75, 3.05) is 0 Å². The van der Waals surface area contributed by atoms with Crippen molar-refractivity contribution in [1.82, 2.24) is 15.1 Å². The van der Waals surface area contributed by atoms with Gasteiger partial charge in [-0.3, -0.25) is 9.48 Å². The molecule has 3 aromatic rings. The Morgan fingerprint density at radius 1 is 1.36 bits per heavy atom. The zero-order valence-electron chi connectivity index (χ0n) is 14.5. The van der Waals surface area contributed by atoms with Gasteiger partial charge in [0.2, 0.25) is 0 Å². The Balaban J connectivity index is 2.32. The van der Waals surface area contributed by atoms with Gasteiger partial charge in [-0.2, -0.15) is 5.10 Å². The molecular formula is C18H19N3O4. The van der Waals surface area contributed by atoms with E-state index in [9.17, 15) is 9.59 Å². The van der Waals surface area contributed by atoms with E-state index in [2.05, 4.69) is 10.4 Å². The van der Waals surface area contributed by atoms with Gasteiger partial charge >= 0.3 is 6.09 Å². The molecular weight excluding hydrogens is 322 g/mol. The van der Waals surface area contributed by atoms with Crippen molar-refractivity contribution in [1.29, 1.82) is 0 Å². The SMILES string of the molecule is Cc1cc(C(C)NC(=O)O)c2oc(-c3cnn(C)c3)c(C)c(=O)c2c1. The molecule has 1 amide bonds. The lowest BCUT2D eigenvalue weighted by Crippen LogP contribution is -2.25. The largest absolute Gasteiger partial charge is 0.465 e. The fourth-order valence-corrected chi connectivity index (χ4v) is 2.97. The molecule has 2 aromatic heterocycles. The van der Waals surface area contributed by atoms with Crippen molar-refractivity contribution in [2.45, 2.75) is 26.8 Å². The number of hydrogen-bond acceptors (Lipinski definition) is 4. The van der Waals surface area contributed by atoms with Crippen LogP contribution in [0.5, 0.6) is 0 Å². The Morgan fingerprint density at radius 2 is 2.08 bits per heavy atom. The Labute approximate surface area is 143 Å². The highest BCUT2D eigenvalue weighted by atomic mass is 16.4. The van der Waals surface area contributed by atoms with E-state index in [1.165, 1.54) is 0 Å². The van der Waals surface area contributed by atoms with Gasteiger partial charge in [-0.25, -0.2) is 4.79 Å². The number of benzene rings is 1. The van der Waals surface area contributed by atoms with E-state index in [4.69, 9.17) is 9.52 Å². The summed E-state index contributed by atoms with van der Waals surface area (Å²) in [7, 11) is 1.78. The molecule has 25 heavy (non-hydrogen) atoms. The van der Waals surface area contributed by atoms with Crippen LogP contribution < -0.4 is 10.7 Å². The highest BCUT2D eigenvalue weighted by Crippen LogP contribution is 2.30. The number of carbonyl (C=O) groups is 1. The molecule has 0 saturated heterocycles. The maximum Gasteiger partial charge on any atom is 0.405 e. The van der Waals surface area contributed by atoms with Gasteiger partial charge in [-0.1, -0.05) is 6.07 Å². The fraction of sp³-hybridized carbons (Fsp3) is 0.278. The first-order valence-corrected chi connectivity index (χ1v) is 7.84. The standard InChI is InChI=1S/C18H19N3O4/c1-9-5-13(11(3)20-18(23)24)17-14(6-9)15(22)10(2)16(25-17)12-7-19-21(4)8-12/h5-8,11,20H,1-4H3,(H,23,24). The topological polar surface area (TPSA) is 97.4 Å². The maximum atomic E-state index is 12.9. The molecule has 0 radical (unpaired) electrons. The van der Waals surface area contributed by atoms with Crippen molar-refractivity contribution in [3.63, 3.8) is 0 Å². The van der Waals surface area contributed by atoms with Gasteiger partial charge in [-0.15, -0.1) is 0 Å². The number of aryl methyl sites for hydroxylation is 2. The molecule has 0 spiro atoms. The van der Waals surface area contributed by atoms with Gasteiger partial charge in [0.25, 0.3) is 0 Å². The average molecular weight is 341 g/mol. The number of aromatic nitrogens is 2. The number of nitrogens with one attached hydrogen (secondary N) is 1. The van der Waals surface area contributed by atoms with E-state index in [-0.39, 0.29) is 5.43 Å². The molecule has 0 aliphatic heterocycles. The van der Waals surface area contributed by atoms with Crippen molar-refractivity contribution >= 4 is 17.1 Å². The van der Waals surface area contributed by atoms with Crippen LogP contribution >= 0.6 is 0 Å². The molecule has 1 aromatic carbocycles. The normalized spacial score (nSPS) is 12.3. The van der Waals surface area contributed by atoms with Gasteiger partial charge in [0.05, 0.1) is 23.2 Å². The highest BCUT2D eigenvalue weighted by Gasteiger charge is 2.20. The number of rotatable bonds is 3. The number of hydrogen-bond donors (Lipinski definition) is 2. The molecule has 7 nitrogen and oxygen atoms in total. The van der Waals surface area contributed by atoms with Crippen LogP contribution in [0.1, 0.15) is 29.7 Å². The van der Waals surface area contributed by atoms with E-state index in [0.717, 1.165) is 5.56 Å². The minimum Gasteiger partial charge on any atom is -0.465 e. The number of amides is 1. The minimum absolute atomic E-state index is 0.132. The lowest BCUT2D eigenvalue weighted by molar-refractivity contribution is 0.191. The predicted octanol–water partition coefficient (Wildman–Crippen LogP) is 3.14. The molecule has 0 aliphatic rings. The first kappa shape index (κ1) is 16.8. The summed E-state index contributed by atoms with van der Waals surface area (Å²) in [4.78, 5) is 23.9.